The quantitative estimate of drug-likeness (QED) is 0.361. The summed E-state index contributed by atoms with van der Waals surface area (Å²) in [6, 6.07) is 12.2. The second kappa shape index (κ2) is 8.90. The molecule has 0 aliphatic carbocycles. The molecular weight excluding hydrogens is 486 g/mol. The molecule has 2 aromatic heterocycles. The molecule has 8 nitrogen and oxygen atoms in total. The highest BCUT2D eigenvalue weighted by molar-refractivity contribution is 7.22. The maximum absolute atomic E-state index is 13.6. The molecule has 0 N–H and O–H groups in total. The normalized spacial score (nSPS) is 13.1. The van der Waals surface area contributed by atoms with Crippen molar-refractivity contribution in [2.24, 2.45) is 0 Å². The Morgan fingerprint density at radius 1 is 1.06 bits per heavy atom. The fourth-order valence-electron chi connectivity index (χ4n) is 4.28. The van der Waals surface area contributed by atoms with Crippen molar-refractivity contribution in [3.8, 4) is 0 Å². The number of nitrogens with zero attached hydrogens (tertiary/aromatic N) is 5. The molecule has 0 saturated heterocycles. The van der Waals surface area contributed by atoms with Gasteiger partial charge in [-0.05, 0) is 56.7 Å². The zero-order chi connectivity index (χ0) is 24.9. The number of amides is 3. The Hall–Kier alpha value is -3.56. The van der Waals surface area contributed by atoms with Gasteiger partial charge < -0.3 is 0 Å². The minimum atomic E-state index is -0.468. The van der Waals surface area contributed by atoms with E-state index in [1.54, 1.807) is 24.3 Å². The van der Waals surface area contributed by atoms with Crippen LogP contribution in [0.5, 0.6) is 0 Å². The van der Waals surface area contributed by atoms with E-state index in [1.165, 1.54) is 16.2 Å². The summed E-state index contributed by atoms with van der Waals surface area (Å²) < 4.78 is 2.68. The lowest BCUT2D eigenvalue weighted by molar-refractivity contribution is -0.119. The summed E-state index contributed by atoms with van der Waals surface area (Å²) in [6.07, 6.45) is 0. The number of fused-ring (bicyclic) bond motifs is 2. The van der Waals surface area contributed by atoms with Crippen LogP contribution in [0, 0.1) is 20.8 Å². The van der Waals surface area contributed by atoms with Crippen LogP contribution in [0.2, 0.25) is 5.02 Å². The van der Waals surface area contributed by atoms with Crippen molar-refractivity contribution in [2.75, 3.05) is 18.0 Å². The zero-order valence-corrected chi connectivity index (χ0v) is 21.0. The number of benzene rings is 2. The Morgan fingerprint density at radius 2 is 1.74 bits per heavy atom. The molecule has 0 unspecified atom stereocenters. The summed E-state index contributed by atoms with van der Waals surface area (Å²) in [7, 11) is 0. The maximum atomic E-state index is 13.6. The van der Waals surface area contributed by atoms with Crippen LogP contribution in [-0.4, -0.2) is 50.5 Å². The van der Waals surface area contributed by atoms with Crippen molar-refractivity contribution in [3.63, 3.8) is 0 Å². The van der Waals surface area contributed by atoms with Gasteiger partial charge in [0.05, 0.1) is 33.6 Å². The summed E-state index contributed by atoms with van der Waals surface area (Å²) in [5.74, 6) is -1.34. The minimum Gasteiger partial charge on any atom is -0.285 e. The van der Waals surface area contributed by atoms with Crippen LogP contribution >= 0.6 is 22.9 Å². The Morgan fingerprint density at radius 3 is 2.37 bits per heavy atom. The number of imide groups is 1. The summed E-state index contributed by atoms with van der Waals surface area (Å²) in [5, 5.41) is 5.56. The first-order chi connectivity index (χ1) is 16.7. The molecule has 0 spiro atoms. The highest BCUT2D eigenvalue weighted by atomic mass is 35.5. The third kappa shape index (κ3) is 4.21. The Bertz CT molecular complexity index is 1470. The first-order valence-corrected chi connectivity index (χ1v) is 12.3. The third-order valence-corrected chi connectivity index (χ3v) is 7.22. The fourth-order valence-corrected chi connectivity index (χ4v) is 5.75. The van der Waals surface area contributed by atoms with E-state index in [4.69, 9.17) is 16.6 Å². The molecule has 0 atom stereocenters. The van der Waals surface area contributed by atoms with Crippen LogP contribution < -0.4 is 4.90 Å². The lowest BCUT2D eigenvalue weighted by Crippen LogP contribution is -2.44. The van der Waals surface area contributed by atoms with E-state index in [1.807, 2.05) is 43.7 Å². The molecule has 2 aromatic carbocycles. The van der Waals surface area contributed by atoms with Crippen LogP contribution in [0.15, 0.2) is 42.5 Å². The van der Waals surface area contributed by atoms with Crippen LogP contribution in [0.3, 0.4) is 0 Å². The Labute approximate surface area is 210 Å². The zero-order valence-electron chi connectivity index (χ0n) is 19.4. The van der Waals surface area contributed by atoms with Gasteiger partial charge in [0.15, 0.2) is 5.13 Å². The highest BCUT2D eigenvalue weighted by Crippen LogP contribution is 2.33. The van der Waals surface area contributed by atoms with E-state index in [2.05, 4.69) is 5.10 Å². The van der Waals surface area contributed by atoms with E-state index in [9.17, 15) is 14.4 Å². The van der Waals surface area contributed by atoms with Gasteiger partial charge in [-0.3, -0.25) is 28.9 Å². The predicted octanol–water partition coefficient (Wildman–Crippen LogP) is 4.40. The van der Waals surface area contributed by atoms with Gasteiger partial charge in [0, 0.05) is 17.3 Å². The molecule has 4 aromatic rings. The number of carbonyl (C=O) groups is 3. The van der Waals surface area contributed by atoms with Crippen LogP contribution in [0.1, 0.15) is 37.7 Å². The van der Waals surface area contributed by atoms with Crippen LogP contribution in [0.4, 0.5) is 5.13 Å². The summed E-state index contributed by atoms with van der Waals surface area (Å²) in [6.45, 7) is 6.11. The van der Waals surface area contributed by atoms with E-state index >= 15 is 0 Å². The van der Waals surface area contributed by atoms with Crippen LogP contribution in [-0.2, 0) is 11.3 Å². The molecule has 178 valence electrons. The van der Waals surface area contributed by atoms with Gasteiger partial charge in [-0.25, -0.2) is 4.98 Å². The molecule has 5 rings (SSSR count). The van der Waals surface area contributed by atoms with E-state index < -0.39 is 17.7 Å². The minimum absolute atomic E-state index is 0.274. The number of hydrogen-bond acceptors (Lipinski definition) is 6. The second-order valence-corrected chi connectivity index (χ2v) is 9.95. The number of aryl methyl sites for hydroxylation is 3. The topological polar surface area (TPSA) is 88.4 Å². The Kier molecular flexibility index (Phi) is 5.90. The van der Waals surface area contributed by atoms with Crippen molar-refractivity contribution in [2.45, 2.75) is 27.3 Å². The molecule has 35 heavy (non-hydrogen) atoms. The number of halogens is 1. The molecule has 1 aliphatic heterocycles. The second-order valence-electron chi connectivity index (χ2n) is 8.50. The van der Waals surface area contributed by atoms with E-state index in [0.717, 1.165) is 32.1 Å². The molecule has 3 amide bonds. The smallest absolute Gasteiger partial charge is 0.262 e. The average molecular weight is 508 g/mol. The summed E-state index contributed by atoms with van der Waals surface area (Å²) in [5.41, 5.74) is 4.15. The molecule has 0 radical (unpaired) electrons. The van der Waals surface area contributed by atoms with Crippen molar-refractivity contribution in [3.05, 3.63) is 75.6 Å². The first-order valence-electron chi connectivity index (χ1n) is 11.1. The monoisotopic (exact) mass is 507 g/mol. The predicted molar refractivity (Wildman–Crippen MR) is 135 cm³/mol. The first kappa shape index (κ1) is 23.2. The fraction of sp³-hybridized carbons (Fsp3) is 0.240. The van der Waals surface area contributed by atoms with Crippen molar-refractivity contribution in [1.29, 1.82) is 0 Å². The van der Waals surface area contributed by atoms with Gasteiger partial charge in [0.1, 0.15) is 6.54 Å². The summed E-state index contributed by atoms with van der Waals surface area (Å²) >= 11 is 7.58. The summed E-state index contributed by atoms with van der Waals surface area (Å²) in [4.78, 5) is 46.5. The lowest BCUT2D eigenvalue weighted by atomic mass is 10.1. The number of anilines is 1. The van der Waals surface area contributed by atoms with E-state index in [-0.39, 0.29) is 13.1 Å². The van der Waals surface area contributed by atoms with E-state index in [0.29, 0.717) is 27.8 Å². The van der Waals surface area contributed by atoms with Gasteiger partial charge in [-0.15, -0.1) is 0 Å². The van der Waals surface area contributed by atoms with Crippen molar-refractivity contribution in [1.82, 2.24) is 19.7 Å². The van der Waals surface area contributed by atoms with Gasteiger partial charge >= 0.3 is 0 Å². The maximum Gasteiger partial charge on any atom is 0.262 e. The van der Waals surface area contributed by atoms with Crippen molar-refractivity contribution < 1.29 is 14.4 Å². The standard InChI is InChI=1S/C25H22ClN5O3S/c1-14-10-17(26)12-20-22(14)27-25(35-20)29(8-9-31-16(3)11-15(2)28-31)21(32)13-30-23(33)18-6-4-5-7-19(18)24(30)34/h4-7,10-12H,8-9,13H2,1-3H3. The lowest BCUT2D eigenvalue weighted by Gasteiger charge is -2.23. The molecule has 0 bridgehead atoms. The van der Waals surface area contributed by atoms with Gasteiger partial charge in [0.25, 0.3) is 11.8 Å². The number of aromatic nitrogens is 3. The van der Waals surface area contributed by atoms with Gasteiger partial charge in [0.2, 0.25) is 5.91 Å². The number of hydrogen-bond donors (Lipinski definition) is 0. The Balaban J connectivity index is 1.47. The van der Waals surface area contributed by atoms with Crippen molar-refractivity contribution >= 4 is 56.0 Å². The van der Waals surface area contributed by atoms with Crippen LogP contribution in [0.25, 0.3) is 10.2 Å². The third-order valence-electron chi connectivity index (χ3n) is 5.98. The molecule has 1 aliphatic rings. The molecule has 10 heteroatoms. The molecule has 0 fully saturated rings. The highest BCUT2D eigenvalue weighted by Gasteiger charge is 2.37. The number of carbonyl (C=O) groups excluding carboxylic acids is 3. The average Bonchev–Trinajstić information content (AvgIpc) is 3.45. The molecular formula is C25H22ClN5O3S. The number of thiazole rings is 1. The molecule has 3 heterocycles. The number of rotatable bonds is 6. The van der Waals surface area contributed by atoms with Gasteiger partial charge in [-0.2, -0.15) is 5.10 Å². The van der Waals surface area contributed by atoms with Gasteiger partial charge in [-0.1, -0.05) is 35.1 Å². The SMILES string of the molecule is Cc1cc(C)n(CCN(C(=O)CN2C(=O)c3ccccc3C2=O)c2nc3c(C)cc(Cl)cc3s2)n1. The molecule has 0 saturated carbocycles. The largest absolute Gasteiger partial charge is 0.285 e.